The first-order valence-corrected chi connectivity index (χ1v) is 6.57. The van der Waals surface area contributed by atoms with Gasteiger partial charge in [-0.3, -0.25) is 4.99 Å². The summed E-state index contributed by atoms with van der Waals surface area (Å²) >= 11 is 0. The first-order valence-electron chi connectivity index (χ1n) is 6.57. The number of nitrogens with zero attached hydrogens (tertiary/aromatic N) is 1. The summed E-state index contributed by atoms with van der Waals surface area (Å²) in [5, 5.41) is 9.70. The molecule has 96 valence electrons. The Balaban J connectivity index is 2.15. The largest absolute Gasteiger partial charge is 0.508 e. The lowest BCUT2D eigenvalue weighted by molar-refractivity contribution is 0.475. The molecule has 1 N–H and O–H groups in total. The average Bonchev–Trinajstić information content (AvgIpc) is 2.39. The molecule has 1 aromatic rings. The second-order valence-corrected chi connectivity index (χ2v) is 5.29. The third kappa shape index (κ3) is 2.14. The zero-order valence-corrected chi connectivity index (χ0v) is 11.3. The molecule has 0 saturated carbocycles. The summed E-state index contributed by atoms with van der Waals surface area (Å²) in [6, 6.07) is 5.62. The molecule has 0 aromatic heterocycles. The maximum absolute atomic E-state index is 9.70. The van der Waals surface area contributed by atoms with Gasteiger partial charge < -0.3 is 5.11 Å². The molecule has 2 bridgehead atoms. The van der Waals surface area contributed by atoms with Gasteiger partial charge in [0.2, 0.25) is 0 Å². The molecule has 0 atom stereocenters. The molecule has 0 radical (unpaired) electrons. The number of allylic oxidation sites excluding steroid dienone is 5. The number of dihydropyridines is 1. The van der Waals surface area contributed by atoms with Crippen LogP contribution < -0.4 is 0 Å². The quantitative estimate of drug-likeness (QED) is 0.779. The Bertz CT molecular complexity index is 656. The molecule has 1 heterocycles. The van der Waals surface area contributed by atoms with Crippen LogP contribution in [0.15, 0.2) is 46.6 Å². The van der Waals surface area contributed by atoms with Gasteiger partial charge in [0, 0.05) is 18.3 Å². The van der Waals surface area contributed by atoms with Crippen LogP contribution in [0.5, 0.6) is 5.75 Å². The molecule has 3 rings (SSSR count). The molecule has 0 spiro atoms. The highest BCUT2D eigenvalue weighted by atomic mass is 16.3. The van der Waals surface area contributed by atoms with Crippen LogP contribution >= 0.6 is 0 Å². The predicted molar refractivity (Wildman–Crippen MR) is 80.2 cm³/mol. The van der Waals surface area contributed by atoms with Crippen molar-refractivity contribution in [1.29, 1.82) is 0 Å². The van der Waals surface area contributed by atoms with Crippen molar-refractivity contribution in [3.8, 4) is 5.75 Å². The highest BCUT2D eigenvalue weighted by Gasteiger charge is 2.23. The molecule has 0 amide bonds. The lowest BCUT2D eigenvalue weighted by atomic mass is 9.82. The summed E-state index contributed by atoms with van der Waals surface area (Å²) in [6.45, 7) is 4.22. The van der Waals surface area contributed by atoms with E-state index in [0.717, 1.165) is 24.1 Å². The first kappa shape index (κ1) is 12.0. The van der Waals surface area contributed by atoms with Crippen molar-refractivity contribution in [1.82, 2.24) is 0 Å². The maximum atomic E-state index is 9.70. The Morgan fingerprint density at radius 2 is 2.16 bits per heavy atom. The lowest BCUT2D eigenvalue weighted by Gasteiger charge is -2.25. The van der Waals surface area contributed by atoms with Gasteiger partial charge >= 0.3 is 0 Å². The van der Waals surface area contributed by atoms with Crippen LogP contribution in [0.3, 0.4) is 0 Å². The van der Waals surface area contributed by atoms with Gasteiger partial charge in [-0.25, -0.2) is 0 Å². The summed E-state index contributed by atoms with van der Waals surface area (Å²) in [5.74, 6) is 0.326. The van der Waals surface area contributed by atoms with Crippen molar-refractivity contribution >= 4 is 17.4 Å². The zero-order chi connectivity index (χ0) is 13.4. The summed E-state index contributed by atoms with van der Waals surface area (Å²) in [7, 11) is 0. The van der Waals surface area contributed by atoms with Crippen molar-refractivity contribution in [3.05, 3.63) is 52.7 Å². The highest BCUT2D eigenvalue weighted by molar-refractivity contribution is 5.97. The average molecular weight is 251 g/mol. The summed E-state index contributed by atoms with van der Waals surface area (Å²) in [4.78, 5) is 4.52. The van der Waals surface area contributed by atoms with Gasteiger partial charge in [-0.2, -0.15) is 0 Å². The molecule has 0 saturated heterocycles. The Kier molecular flexibility index (Phi) is 2.86. The van der Waals surface area contributed by atoms with Crippen molar-refractivity contribution in [2.24, 2.45) is 4.99 Å². The molecule has 19 heavy (non-hydrogen) atoms. The van der Waals surface area contributed by atoms with E-state index < -0.39 is 0 Å². The number of hydrogen-bond donors (Lipinski definition) is 1. The number of aliphatic imine (C=N–C) groups is 1. The molecule has 2 nitrogen and oxygen atoms in total. The fourth-order valence-electron chi connectivity index (χ4n) is 2.62. The first-order chi connectivity index (χ1) is 9.15. The number of phenols is 1. The van der Waals surface area contributed by atoms with Crippen LogP contribution in [-0.2, 0) is 0 Å². The Hall–Kier alpha value is -2.09. The van der Waals surface area contributed by atoms with Crippen LogP contribution in [0, 0.1) is 0 Å². The molecule has 2 aliphatic rings. The van der Waals surface area contributed by atoms with E-state index >= 15 is 0 Å². The molecule has 2 heteroatoms. The monoisotopic (exact) mass is 251 g/mol. The van der Waals surface area contributed by atoms with E-state index in [1.807, 2.05) is 24.4 Å². The lowest BCUT2D eigenvalue weighted by Crippen LogP contribution is -2.06. The number of fused-ring (bicyclic) bond motifs is 4. The maximum Gasteiger partial charge on any atom is 0.116 e. The predicted octanol–water partition coefficient (Wildman–Crippen LogP) is 4.33. The summed E-state index contributed by atoms with van der Waals surface area (Å²) < 4.78 is 0. The summed E-state index contributed by atoms with van der Waals surface area (Å²) in [6.07, 6.45) is 7.92. The van der Waals surface area contributed by atoms with E-state index in [1.165, 1.54) is 22.3 Å². The van der Waals surface area contributed by atoms with Crippen molar-refractivity contribution in [3.63, 3.8) is 0 Å². The van der Waals surface area contributed by atoms with Crippen LogP contribution in [0.1, 0.15) is 37.8 Å². The van der Waals surface area contributed by atoms with Gasteiger partial charge in [-0.05, 0) is 60.8 Å². The SMILES string of the molecule is CC(C)=CCC1=C2CC(=CC=N2)c2cc(O)ccc21. The molecular formula is C17H17NO. The minimum Gasteiger partial charge on any atom is -0.508 e. The molecule has 1 aliphatic carbocycles. The normalized spacial score (nSPS) is 16.0. The fourth-order valence-corrected chi connectivity index (χ4v) is 2.62. The third-order valence-corrected chi connectivity index (χ3v) is 3.60. The van der Waals surface area contributed by atoms with Crippen LogP contribution in [0.2, 0.25) is 0 Å². The molecule has 1 aromatic carbocycles. The smallest absolute Gasteiger partial charge is 0.116 e. The van der Waals surface area contributed by atoms with Gasteiger partial charge in [0.1, 0.15) is 5.75 Å². The van der Waals surface area contributed by atoms with E-state index in [4.69, 9.17) is 0 Å². The van der Waals surface area contributed by atoms with Crippen LogP contribution in [0.25, 0.3) is 11.1 Å². The topological polar surface area (TPSA) is 32.6 Å². The zero-order valence-electron chi connectivity index (χ0n) is 11.3. The standard InChI is InChI=1S/C17H17NO/c1-11(2)3-5-15-14-6-4-13(19)10-16(14)12-7-8-18-17(15)9-12/h3-4,6-8,10,19H,5,9H2,1-2H3. The Morgan fingerprint density at radius 3 is 2.95 bits per heavy atom. The second-order valence-electron chi connectivity index (χ2n) is 5.29. The minimum atomic E-state index is 0.326. The van der Waals surface area contributed by atoms with Gasteiger partial charge in [0.25, 0.3) is 0 Å². The molecule has 1 aliphatic heterocycles. The number of benzene rings is 1. The highest BCUT2D eigenvalue weighted by Crippen LogP contribution is 2.42. The summed E-state index contributed by atoms with van der Waals surface area (Å²) in [5.41, 5.74) is 7.36. The number of phenolic OH excluding ortho intramolecular Hbond substituents is 1. The number of rotatable bonds is 2. The second kappa shape index (κ2) is 4.54. The minimum absolute atomic E-state index is 0.326. The van der Waals surface area contributed by atoms with Gasteiger partial charge in [0.05, 0.1) is 0 Å². The van der Waals surface area contributed by atoms with E-state index in [-0.39, 0.29) is 0 Å². The van der Waals surface area contributed by atoms with E-state index in [9.17, 15) is 5.11 Å². The van der Waals surface area contributed by atoms with Crippen molar-refractivity contribution < 1.29 is 5.11 Å². The number of aromatic hydroxyl groups is 1. The van der Waals surface area contributed by atoms with E-state index in [2.05, 4.69) is 24.9 Å². The van der Waals surface area contributed by atoms with Crippen LogP contribution in [0.4, 0.5) is 0 Å². The van der Waals surface area contributed by atoms with Gasteiger partial charge in [-0.1, -0.05) is 17.7 Å². The fraction of sp³-hybridized carbons (Fsp3) is 0.235. The van der Waals surface area contributed by atoms with Gasteiger partial charge in [0.15, 0.2) is 0 Å². The van der Waals surface area contributed by atoms with Gasteiger partial charge in [-0.15, -0.1) is 0 Å². The van der Waals surface area contributed by atoms with E-state index in [1.54, 1.807) is 6.07 Å². The molecule has 0 unspecified atom stereocenters. The Labute approximate surface area is 113 Å². The van der Waals surface area contributed by atoms with Crippen LogP contribution in [-0.4, -0.2) is 11.3 Å². The van der Waals surface area contributed by atoms with E-state index in [0.29, 0.717) is 5.75 Å². The third-order valence-electron chi connectivity index (χ3n) is 3.60. The van der Waals surface area contributed by atoms with Crippen molar-refractivity contribution in [2.45, 2.75) is 26.7 Å². The Morgan fingerprint density at radius 1 is 1.32 bits per heavy atom. The number of hydrogen-bond acceptors (Lipinski definition) is 2. The van der Waals surface area contributed by atoms with Crippen molar-refractivity contribution in [2.75, 3.05) is 0 Å². The molecular weight excluding hydrogens is 234 g/mol. The molecule has 0 fully saturated rings.